The molecule has 0 bridgehead atoms. The number of ether oxygens (including phenoxy) is 4. The summed E-state index contributed by atoms with van der Waals surface area (Å²) in [4.78, 5) is 38.5. The number of halogens is 2. The molecule has 1 fully saturated rings. The Morgan fingerprint density at radius 3 is 2.30 bits per heavy atom. The molecule has 0 aliphatic carbocycles. The Kier molecular flexibility index (Phi) is 7.75. The van der Waals surface area contributed by atoms with Gasteiger partial charge >= 0.3 is 17.9 Å². The Bertz CT molecular complexity index is 735. The van der Waals surface area contributed by atoms with E-state index in [0.29, 0.717) is 4.47 Å². The summed E-state index contributed by atoms with van der Waals surface area (Å²) in [6.45, 7) is 3.67. The summed E-state index contributed by atoms with van der Waals surface area (Å²) < 4.78 is 22.4. The van der Waals surface area contributed by atoms with Gasteiger partial charge < -0.3 is 18.9 Å². The van der Waals surface area contributed by atoms with Crippen molar-refractivity contribution in [2.75, 3.05) is 5.75 Å². The van der Waals surface area contributed by atoms with Crippen molar-refractivity contribution in [3.05, 3.63) is 21.9 Å². The van der Waals surface area contributed by atoms with Gasteiger partial charge in [-0.1, -0.05) is 11.6 Å². The second-order valence-electron chi connectivity index (χ2n) is 5.56. The molecule has 1 aliphatic heterocycles. The molecule has 1 aliphatic rings. The minimum absolute atomic E-state index is 0.117. The van der Waals surface area contributed by atoms with Crippen LogP contribution in [0.15, 0.2) is 16.7 Å². The van der Waals surface area contributed by atoms with Gasteiger partial charge in [0.2, 0.25) is 0 Å². The highest BCUT2D eigenvalue weighted by atomic mass is 79.9. The van der Waals surface area contributed by atoms with Crippen molar-refractivity contribution in [1.82, 2.24) is 4.98 Å². The van der Waals surface area contributed by atoms with Gasteiger partial charge in [-0.05, 0) is 22.0 Å². The molecule has 2 rings (SSSR count). The molecular formula is C16H17BrClNO7S. The lowest BCUT2D eigenvalue weighted by Crippen LogP contribution is -2.55. The van der Waals surface area contributed by atoms with Crippen LogP contribution in [0.5, 0.6) is 5.75 Å². The molecule has 1 aromatic heterocycles. The van der Waals surface area contributed by atoms with Crippen LogP contribution in [0.2, 0.25) is 5.15 Å². The summed E-state index contributed by atoms with van der Waals surface area (Å²) in [7, 11) is 0. The number of carbonyl (C=O) groups is 3. The summed E-state index contributed by atoms with van der Waals surface area (Å²) in [6, 6.07) is 1.61. The van der Waals surface area contributed by atoms with Crippen LogP contribution in [0, 0.1) is 0 Å². The summed E-state index contributed by atoms with van der Waals surface area (Å²) in [5, 5.41) is 0.117. The maximum absolute atomic E-state index is 11.6. The minimum Gasteiger partial charge on any atom is -0.472 e. The van der Waals surface area contributed by atoms with Crippen LogP contribution in [0.1, 0.15) is 20.8 Å². The zero-order chi connectivity index (χ0) is 20.1. The zero-order valence-corrected chi connectivity index (χ0v) is 17.8. The van der Waals surface area contributed by atoms with Gasteiger partial charge in [-0.25, -0.2) is 4.98 Å². The van der Waals surface area contributed by atoms with Crippen LogP contribution in [0.25, 0.3) is 0 Å². The quantitative estimate of drug-likeness (QED) is 0.356. The maximum atomic E-state index is 11.6. The van der Waals surface area contributed by atoms with Crippen LogP contribution in [-0.2, 0) is 28.6 Å². The summed E-state index contributed by atoms with van der Waals surface area (Å²) in [5.74, 6) is -1.24. The van der Waals surface area contributed by atoms with E-state index < -0.39 is 41.7 Å². The van der Waals surface area contributed by atoms with Gasteiger partial charge in [-0.15, -0.1) is 11.8 Å². The topological polar surface area (TPSA) is 101 Å². The average molecular weight is 483 g/mol. The van der Waals surface area contributed by atoms with Crippen LogP contribution < -0.4 is 4.74 Å². The molecule has 148 valence electrons. The molecule has 0 spiro atoms. The fraction of sp³-hybridized carbons (Fsp3) is 0.500. The van der Waals surface area contributed by atoms with Crippen molar-refractivity contribution in [2.24, 2.45) is 0 Å². The van der Waals surface area contributed by atoms with E-state index in [1.807, 2.05) is 0 Å². The Labute approximate surface area is 173 Å². The number of pyridine rings is 1. The van der Waals surface area contributed by atoms with E-state index in [2.05, 4.69) is 20.9 Å². The molecule has 1 saturated heterocycles. The molecule has 0 unspecified atom stereocenters. The summed E-state index contributed by atoms with van der Waals surface area (Å²) in [6.07, 6.45) is -1.34. The number of rotatable bonds is 5. The number of esters is 3. The predicted octanol–water partition coefficient (Wildman–Crippen LogP) is 2.74. The van der Waals surface area contributed by atoms with Crippen LogP contribution >= 0.6 is 39.3 Å². The number of thioether (sulfide) groups is 1. The molecule has 27 heavy (non-hydrogen) atoms. The van der Waals surface area contributed by atoms with Crippen molar-refractivity contribution in [1.29, 1.82) is 0 Å². The molecule has 0 saturated carbocycles. The van der Waals surface area contributed by atoms with Gasteiger partial charge in [0.15, 0.2) is 34.7 Å². The smallest absolute Gasteiger partial charge is 0.303 e. The standard InChI is InChI=1S/C16H17BrClNO7S/c1-7(20)23-12-6-27-16(26-11-4-10(17)5-19-15(11)18)14(25-9(3)22)13(12)24-8(2)21/h4-5,12-14,16H,6H2,1-3H3/t12-,13+,14-,16+/m1/s1. The van der Waals surface area contributed by atoms with Gasteiger partial charge in [0.05, 0.1) is 0 Å². The van der Waals surface area contributed by atoms with Gasteiger partial charge in [0.25, 0.3) is 0 Å². The van der Waals surface area contributed by atoms with Crippen LogP contribution in [-0.4, -0.2) is 52.4 Å². The first-order chi connectivity index (χ1) is 12.7. The Morgan fingerprint density at radius 2 is 1.70 bits per heavy atom. The van der Waals surface area contributed by atoms with Crippen LogP contribution in [0.3, 0.4) is 0 Å². The highest BCUT2D eigenvalue weighted by molar-refractivity contribution is 9.10. The van der Waals surface area contributed by atoms with E-state index in [1.165, 1.54) is 38.7 Å². The van der Waals surface area contributed by atoms with Gasteiger partial charge in [-0.3, -0.25) is 14.4 Å². The van der Waals surface area contributed by atoms with E-state index in [4.69, 9.17) is 30.5 Å². The molecule has 2 heterocycles. The number of carbonyl (C=O) groups excluding carboxylic acids is 3. The molecule has 0 N–H and O–H groups in total. The third-order valence-electron chi connectivity index (χ3n) is 3.32. The van der Waals surface area contributed by atoms with Crippen LogP contribution in [0.4, 0.5) is 0 Å². The van der Waals surface area contributed by atoms with Gasteiger partial charge in [0, 0.05) is 37.2 Å². The first kappa shape index (κ1) is 21.8. The largest absolute Gasteiger partial charge is 0.472 e. The Balaban J connectivity index is 2.32. The van der Waals surface area contributed by atoms with E-state index in [-0.39, 0.29) is 16.7 Å². The molecule has 0 aromatic carbocycles. The normalized spacial score (nSPS) is 24.6. The second-order valence-corrected chi connectivity index (χ2v) is 7.96. The molecule has 8 nitrogen and oxygen atoms in total. The molecule has 1 aromatic rings. The maximum Gasteiger partial charge on any atom is 0.303 e. The molecule has 0 radical (unpaired) electrons. The van der Waals surface area contributed by atoms with Crippen molar-refractivity contribution in [3.8, 4) is 5.75 Å². The molecule has 11 heteroatoms. The number of nitrogens with zero attached hydrogens (tertiary/aromatic N) is 1. The molecule has 4 atom stereocenters. The van der Waals surface area contributed by atoms with Crippen molar-refractivity contribution in [2.45, 2.75) is 44.5 Å². The highest BCUT2D eigenvalue weighted by Crippen LogP contribution is 2.36. The third kappa shape index (κ3) is 6.25. The third-order valence-corrected chi connectivity index (χ3v) is 5.25. The summed E-state index contributed by atoms with van der Waals surface area (Å²) in [5.41, 5.74) is -0.765. The first-order valence-electron chi connectivity index (χ1n) is 7.78. The zero-order valence-electron chi connectivity index (χ0n) is 14.6. The SMILES string of the molecule is CC(=O)O[C@@H]1[C@@H](OC(C)=O)[C@@H](Oc2cc(Br)cnc2Cl)SC[C@H]1OC(C)=O. The minimum atomic E-state index is -1.03. The monoisotopic (exact) mass is 481 g/mol. The van der Waals surface area contributed by atoms with Crippen molar-refractivity contribution >= 4 is 57.2 Å². The number of hydrogen-bond acceptors (Lipinski definition) is 9. The molecular weight excluding hydrogens is 466 g/mol. The molecule has 0 amide bonds. The fourth-order valence-corrected chi connectivity index (χ4v) is 4.09. The van der Waals surface area contributed by atoms with E-state index in [1.54, 1.807) is 6.07 Å². The lowest BCUT2D eigenvalue weighted by Gasteiger charge is -2.39. The Hall–Kier alpha value is -1.52. The average Bonchev–Trinajstić information content (AvgIpc) is 2.55. The lowest BCUT2D eigenvalue weighted by atomic mass is 10.1. The van der Waals surface area contributed by atoms with Gasteiger partial charge in [0.1, 0.15) is 0 Å². The Morgan fingerprint density at radius 1 is 1.11 bits per heavy atom. The highest BCUT2D eigenvalue weighted by Gasteiger charge is 2.47. The lowest BCUT2D eigenvalue weighted by molar-refractivity contribution is -0.186. The van der Waals surface area contributed by atoms with E-state index in [9.17, 15) is 14.4 Å². The van der Waals surface area contributed by atoms with Crippen molar-refractivity contribution in [3.63, 3.8) is 0 Å². The fourth-order valence-electron chi connectivity index (χ4n) is 2.42. The predicted molar refractivity (Wildman–Crippen MR) is 100 cm³/mol. The van der Waals surface area contributed by atoms with E-state index in [0.717, 1.165) is 0 Å². The van der Waals surface area contributed by atoms with Crippen molar-refractivity contribution < 1.29 is 33.3 Å². The van der Waals surface area contributed by atoms with Gasteiger partial charge in [-0.2, -0.15) is 0 Å². The summed E-state index contributed by atoms with van der Waals surface area (Å²) >= 11 is 10.6. The first-order valence-corrected chi connectivity index (χ1v) is 10.00. The second kappa shape index (κ2) is 9.61. The van der Waals surface area contributed by atoms with E-state index >= 15 is 0 Å². The number of hydrogen-bond donors (Lipinski definition) is 0. The number of aromatic nitrogens is 1.